The summed E-state index contributed by atoms with van der Waals surface area (Å²) in [4.78, 5) is 37.8. The van der Waals surface area contributed by atoms with E-state index in [1.807, 2.05) is 55.7 Å². The van der Waals surface area contributed by atoms with Crippen LogP contribution in [-0.4, -0.2) is 63.2 Å². The van der Waals surface area contributed by atoms with E-state index in [2.05, 4.69) is 5.32 Å². The number of carboxylic acids is 1. The average molecular weight is 585 g/mol. The van der Waals surface area contributed by atoms with Crippen LogP contribution >= 0.6 is 0 Å². The number of hydrogen-bond acceptors (Lipinski definition) is 5. The van der Waals surface area contributed by atoms with Crippen molar-refractivity contribution in [3.8, 4) is 11.1 Å². The van der Waals surface area contributed by atoms with Crippen LogP contribution in [0.15, 0.2) is 60.8 Å². The number of halogens is 2. The molecule has 0 saturated carbocycles. The topological polar surface area (TPSA) is 138 Å². The summed E-state index contributed by atoms with van der Waals surface area (Å²) in [6, 6.07) is 12.7. The second kappa shape index (κ2) is 14.2. The first-order valence-corrected chi connectivity index (χ1v) is 13.7. The number of nitrogens with one attached hydrogen (secondary N) is 1. The number of aliphatic hydroxyl groups excluding tert-OH is 1. The number of aromatic nitrogens is 1. The van der Waals surface area contributed by atoms with Crippen molar-refractivity contribution in [1.82, 2.24) is 14.8 Å². The Bertz CT molecular complexity index is 1390. The van der Waals surface area contributed by atoms with E-state index in [1.54, 1.807) is 12.3 Å². The normalized spacial score (nSPS) is 12.9. The van der Waals surface area contributed by atoms with E-state index in [0.29, 0.717) is 17.8 Å². The number of hydrogen-bond donors (Lipinski definition) is 4. The molecule has 1 heterocycles. The number of benzene rings is 2. The molecule has 2 amide bonds. The molecule has 0 saturated heterocycles. The molecule has 9 nitrogen and oxygen atoms in total. The summed E-state index contributed by atoms with van der Waals surface area (Å²) in [5.74, 6) is -3.41. The van der Waals surface area contributed by atoms with Crippen molar-refractivity contribution in [1.29, 1.82) is 0 Å². The summed E-state index contributed by atoms with van der Waals surface area (Å²) in [5.41, 5.74) is 7.49. The van der Waals surface area contributed by atoms with Gasteiger partial charge in [0.15, 0.2) is 0 Å². The molecule has 0 aliphatic heterocycles. The Morgan fingerprint density at radius 2 is 1.76 bits per heavy atom. The number of amides is 2. The molecule has 2 atom stereocenters. The van der Waals surface area contributed by atoms with Crippen LogP contribution < -0.4 is 11.1 Å². The number of nitrogens with zero attached hydrogens (tertiary/aromatic N) is 2. The van der Waals surface area contributed by atoms with Gasteiger partial charge in [0.1, 0.15) is 18.2 Å². The van der Waals surface area contributed by atoms with Crippen LogP contribution in [0.4, 0.5) is 8.78 Å². The van der Waals surface area contributed by atoms with E-state index >= 15 is 0 Å². The van der Waals surface area contributed by atoms with E-state index in [0.717, 1.165) is 23.8 Å². The molecule has 0 unspecified atom stereocenters. The summed E-state index contributed by atoms with van der Waals surface area (Å²) in [7, 11) is 0. The van der Waals surface area contributed by atoms with E-state index in [4.69, 9.17) is 10.8 Å². The van der Waals surface area contributed by atoms with Crippen molar-refractivity contribution in [2.45, 2.75) is 52.2 Å². The van der Waals surface area contributed by atoms with Crippen molar-refractivity contribution in [2.75, 3.05) is 19.7 Å². The van der Waals surface area contributed by atoms with Gasteiger partial charge in [-0.1, -0.05) is 51.1 Å². The lowest BCUT2D eigenvalue weighted by molar-refractivity contribution is -0.140. The molecule has 0 bridgehead atoms. The van der Waals surface area contributed by atoms with Crippen molar-refractivity contribution < 1.29 is 33.4 Å². The fourth-order valence-corrected chi connectivity index (χ4v) is 4.93. The molecule has 0 aliphatic carbocycles. The molecule has 0 spiro atoms. The van der Waals surface area contributed by atoms with Crippen molar-refractivity contribution in [3.05, 3.63) is 83.7 Å². The summed E-state index contributed by atoms with van der Waals surface area (Å²) in [5, 5.41) is 21.2. The summed E-state index contributed by atoms with van der Waals surface area (Å²) < 4.78 is 30.9. The van der Waals surface area contributed by atoms with E-state index in [9.17, 15) is 28.3 Å². The van der Waals surface area contributed by atoms with Crippen LogP contribution in [0.3, 0.4) is 0 Å². The fraction of sp³-hybridized carbons (Fsp3) is 0.387. The predicted octanol–water partition coefficient (Wildman–Crippen LogP) is 3.70. The maximum Gasteiger partial charge on any atom is 0.305 e. The number of rotatable bonds is 13. The molecule has 11 heteroatoms. The lowest BCUT2D eigenvalue weighted by Crippen LogP contribution is -2.47. The predicted molar refractivity (Wildman–Crippen MR) is 154 cm³/mol. The van der Waals surface area contributed by atoms with Crippen LogP contribution in [0.1, 0.15) is 50.9 Å². The van der Waals surface area contributed by atoms with Gasteiger partial charge in [-0.15, -0.1) is 0 Å². The Balaban J connectivity index is 2.04. The van der Waals surface area contributed by atoms with Gasteiger partial charge in [0.25, 0.3) is 0 Å². The first kappa shape index (κ1) is 32.4. The molecule has 5 N–H and O–H groups in total. The Labute approximate surface area is 243 Å². The third kappa shape index (κ3) is 8.46. The molecule has 2 aromatic carbocycles. The lowest BCUT2D eigenvalue weighted by atomic mass is 9.82. The molecule has 0 radical (unpaired) electrons. The Kier molecular flexibility index (Phi) is 11.0. The fourth-order valence-electron chi connectivity index (χ4n) is 4.93. The summed E-state index contributed by atoms with van der Waals surface area (Å²) >= 11 is 0. The quantitative estimate of drug-likeness (QED) is 0.242. The summed E-state index contributed by atoms with van der Waals surface area (Å²) in [6.07, 6.45) is 1.48. The van der Waals surface area contributed by atoms with Gasteiger partial charge in [-0.25, -0.2) is 8.78 Å². The number of carbonyl (C=O) groups is 3. The maximum absolute atomic E-state index is 14.9. The second-order valence-corrected chi connectivity index (χ2v) is 11.2. The zero-order valence-corrected chi connectivity index (χ0v) is 24.0. The molecule has 0 aliphatic rings. The molecule has 1 aromatic heterocycles. The SMILES string of the molecule is CC(C)(C)[C@H](c1cc(-c2cc(F)ccc2F)cn1Cc1ccccc1)N(CC[C@H](N)C(=O)NCCC(=O)O)C(=O)CO. The Hall–Kier alpha value is -4.09. The van der Waals surface area contributed by atoms with Gasteiger partial charge in [0.2, 0.25) is 11.8 Å². The van der Waals surface area contributed by atoms with Gasteiger partial charge in [-0.05, 0) is 41.7 Å². The Morgan fingerprint density at radius 3 is 2.38 bits per heavy atom. The molecule has 3 aromatic rings. The molecular formula is C31H38F2N4O5. The minimum atomic E-state index is -1.06. The third-order valence-electron chi connectivity index (χ3n) is 6.89. The Morgan fingerprint density at radius 1 is 1.07 bits per heavy atom. The number of carboxylic acid groups (broad SMARTS) is 1. The number of aliphatic carboxylic acids is 1. The van der Waals surface area contributed by atoms with E-state index in [1.165, 1.54) is 4.90 Å². The van der Waals surface area contributed by atoms with E-state index in [-0.39, 0.29) is 31.5 Å². The largest absolute Gasteiger partial charge is 0.481 e. The number of nitrogens with two attached hydrogens (primary N) is 1. The minimum absolute atomic E-state index is 0.00494. The average Bonchev–Trinajstić information content (AvgIpc) is 3.33. The standard InChI is InChI=1S/C31H38F2N4O5/c1-31(2,3)29(37(27(39)19-38)14-12-25(34)30(42)35-13-11-28(40)41)26-15-21(23-16-22(32)9-10-24(23)33)18-36(26)17-20-7-5-4-6-8-20/h4-10,15-16,18,25,29,38H,11-14,17,19,34H2,1-3H3,(H,35,42)(H,40,41)/t25-,29-/m0/s1. The first-order valence-electron chi connectivity index (χ1n) is 13.7. The summed E-state index contributed by atoms with van der Waals surface area (Å²) in [6.45, 7) is 5.22. The molecule has 0 fully saturated rings. The highest BCUT2D eigenvalue weighted by Crippen LogP contribution is 2.41. The smallest absolute Gasteiger partial charge is 0.305 e. The number of carbonyl (C=O) groups excluding carboxylic acids is 2. The van der Waals surface area contributed by atoms with Crippen LogP contribution in [-0.2, 0) is 20.9 Å². The monoisotopic (exact) mass is 584 g/mol. The van der Waals surface area contributed by atoms with Crippen molar-refractivity contribution in [3.63, 3.8) is 0 Å². The van der Waals surface area contributed by atoms with Gasteiger partial charge in [0, 0.05) is 42.7 Å². The lowest BCUT2D eigenvalue weighted by Gasteiger charge is -2.41. The first-order chi connectivity index (χ1) is 19.8. The molecule has 42 heavy (non-hydrogen) atoms. The van der Waals surface area contributed by atoms with Gasteiger partial charge in [0.05, 0.1) is 18.5 Å². The van der Waals surface area contributed by atoms with Crippen LogP contribution in [0.25, 0.3) is 11.1 Å². The van der Waals surface area contributed by atoms with Crippen LogP contribution in [0.2, 0.25) is 0 Å². The maximum atomic E-state index is 14.9. The van der Waals surface area contributed by atoms with Crippen LogP contribution in [0, 0.1) is 17.0 Å². The number of aliphatic hydroxyl groups is 1. The van der Waals surface area contributed by atoms with Crippen molar-refractivity contribution >= 4 is 17.8 Å². The van der Waals surface area contributed by atoms with Gasteiger partial charge >= 0.3 is 5.97 Å². The van der Waals surface area contributed by atoms with E-state index < -0.39 is 53.5 Å². The van der Waals surface area contributed by atoms with Crippen LogP contribution in [0.5, 0.6) is 0 Å². The minimum Gasteiger partial charge on any atom is -0.481 e. The van der Waals surface area contributed by atoms with Gasteiger partial charge in [-0.2, -0.15) is 0 Å². The zero-order valence-electron chi connectivity index (χ0n) is 24.0. The highest BCUT2D eigenvalue weighted by Gasteiger charge is 2.37. The molecule has 226 valence electrons. The molecule has 3 rings (SSSR count). The molecular weight excluding hydrogens is 546 g/mol. The zero-order chi connectivity index (χ0) is 31.0. The third-order valence-corrected chi connectivity index (χ3v) is 6.89. The van der Waals surface area contributed by atoms with Gasteiger partial charge in [-0.3, -0.25) is 14.4 Å². The highest BCUT2D eigenvalue weighted by atomic mass is 19.1. The highest BCUT2D eigenvalue weighted by molar-refractivity contribution is 5.82. The van der Waals surface area contributed by atoms with Gasteiger partial charge < -0.3 is 30.7 Å². The second-order valence-electron chi connectivity index (χ2n) is 11.2. The van der Waals surface area contributed by atoms with Crippen molar-refractivity contribution in [2.24, 2.45) is 11.1 Å².